The smallest absolute Gasteiger partial charge is 0.178 e. The Labute approximate surface area is 170 Å². The first-order valence-corrected chi connectivity index (χ1v) is 9.19. The van der Waals surface area contributed by atoms with Crippen LogP contribution in [-0.2, 0) is 0 Å². The van der Waals surface area contributed by atoms with Gasteiger partial charge < -0.3 is 9.47 Å². The number of pyridine rings is 1. The summed E-state index contributed by atoms with van der Waals surface area (Å²) in [6.07, 6.45) is 1.61. The van der Waals surface area contributed by atoms with Crippen molar-refractivity contribution in [1.82, 2.24) is 4.98 Å². The summed E-state index contributed by atoms with van der Waals surface area (Å²) in [6.45, 7) is 1.50. The van der Waals surface area contributed by atoms with E-state index in [1.54, 1.807) is 24.4 Å². The van der Waals surface area contributed by atoms with Crippen molar-refractivity contribution in [2.45, 2.75) is 6.92 Å². The van der Waals surface area contributed by atoms with Gasteiger partial charge in [0.25, 0.3) is 0 Å². The highest BCUT2D eigenvalue weighted by Gasteiger charge is 2.06. The van der Waals surface area contributed by atoms with Crippen LogP contribution in [0, 0.1) is 0 Å². The fourth-order valence-corrected chi connectivity index (χ4v) is 2.42. The van der Waals surface area contributed by atoms with E-state index in [1.165, 1.54) is 6.92 Å². The van der Waals surface area contributed by atoms with E-state index in [9.17, 15) is 4.79 Å². The maximum atomic E-state index is 10.6. The molecule has 1 heterocycles. The molecule has 29 heavy (non-hydrogen) atoms. The Bertz CT molecular complexity index is 959. The van der Waals surface area contributed by atoms with Crippen LogP contribution in [0.3, 0.4) is 0 Å². The third-order valence-electron chi connectivity index (χ3n) is 3.82. The summed E-state index contributed by atoms with van der Waals surface area (Å²) in [5, 5.41) is 0. The third kappa shape index (κ3) is 6.33. The molecule has 4 nitrogen and oxygen atoms in total. The van der Waals surface area contributed by atoms with Gasteiger partial charge >= 0.3 is 0 Å². The molecule has 0 fully saturated rings. The number of Topliss-reactive ketones (excluding diaryl/α,β-unsaturated/α-hetero) is 1. The van der Waals surface area contributed by atoms with E-state index in [2.05, 4.69) is 4.98 Å². The molecular weight excluding hydrogens is 362 g/mol. The Kier molecular flexibility index (Phi) is 7.13. The number of aromatic nitrogens is 1. The van der Waals surface area contributed by atoms with Gasteiger partial charge in [0.2, 0.25) is 0 Å². The van der Waals surface area contributed by atoms with Gasteiger partial charge in [-0.2, -0.15) is 0 Å². The summed E-state index contributed by atoms with van der Waals surface area (Å²) >= 11 is 0. The van der Waals surface area contributed by atoms with Crippen molar-refractivity contribution >= 4 is 5.78 Å². The van der Waals surface area contributed by atoms with Crippen LogP contribution >= 0.6 is 0 Å². The van der Waals surface area contributed by atoms with Crippen LogP contribution in [0.15, 0.2) is 109 Å². The molecule has 0 saturated carbocycles. The maximum Gasteiger partial charge on any atom is 0.178 e. The fourth-order valence-electron chi connectivity index (χ4n) is 2.42. The van der Waals surface area contributed by atoms with Crippen molar-refractivity contribution in [3.63, 3.8) is 0 Å². The first-order valence-electron chi connectivity index (χ1n) is 9.19. The first-order chi connectivity index (χ1) is 14.2. The Morgan fingerprint density at radius 3 is 1.45 bits per heavy atom. The summed E-state index contributed by atoms with van der Waals surface area (Å²) in [5.74, 6) is 2.98. The highest BCUT2D eigenvalue weighted by atomic mass is 16.5. The molecule has 0 unspecified atom stereocenters. The summed E-state index contributed by atoms with van der Waals surface area (Å²) in [7, 11) is 0. The lowest BCUT2D eigenvalue weighted by atomic mass is 10.3. The van der Waals surface area contributed by atoms with Crippen molar-refractivity contribution in [2.24, 2.45) is 0 Å². The lowest BCUT2D eigenvalue weighted by molar-refractivity contribution is 0.101. The minimum atomic E-state index is 0.00981. The second-order valence-corrected chi connectivity index (χ2v) is 6.05. The molecule has 1 aromatic heterocycles. The molecule has 0 spiro atoms. The van der Waals surface area contributed by atoms with Crippen molar-refractivity contribution < 1.29 is 14.3 Å². The summed E-state index contributed by atoms with van der Waals surface area (Å²) in [6, 6.07) is 32.3. The number of ketones is 1. The average Bonchev–Trinajstić information content (AvgIpc) is 2.78. The van der Waals surface area contributed by atoms with E-state index in [-0.39, 0.29) is 5.78 Å². The van der Waals surface area contributed by atoms with Crippen molar-refractivity contribution in [3.8, 4) is 23.0 Å². The summed E-state index contributed by atoms with van der Waals surface area (Å²) in [4.78, 5) is 14.4. The molecular formula is C25H21NO3. The van der Waals surface area contributed by atoms with Gasteiger partial charge in [-0.3, -0.25) is 9.78 Å². The van der Waals surface area contributed by atoms with E-state index >= 15 is 0 Å². The molecule has 3 aromatic carbocycles. The fraction of sp³-hybridized carbons (Fsp3) is 0.0400. The number of hydrogen-bond acceptors (Lipinski definition) is 4. The molecule has 0 atom stereocenters. The first kappa shape index (κ1) is 19.8. The highest BCUT2D eigenvalue weighted by Crippen LogP contribution is 2.34. The topological polar surface area (TPSA) is 48.4 Å². The van der Waals surface area contributed by atoms with E-state index in [4.69, 9.17) is 9.47 Å². The Balaban J connectivity index is 0.000000224. The standard InChI is InChI=1S/C18H14O2.C7H7NO/c1-3-9-15(10-4-1)19-17-13-7-8-14-18(17)20-16-11-5-2-6-12-16;1-6(9)7-4-2-3-5-8-7/h1-14H;2-5H,1H3. The number of rotatable bonds is 5. The predicted octanol–water partition coefficient (Wildman–Crippen LogP) is 6.56. The number of hydrogen-bond donors (Lipinski definition) is 0. The van der Waals surface area contributed by atoms with Gasteiger partial charge in [-0.15, -0.1) is 0 Å². The van der Waals surface area contributed by atoms with Crippen LogP contribution < -0.4 is 9.47 Å². The molecule has 0 radical (unpaired) electrons. The second kappa shape index (κ2) is 10.4. The van der Waals surface area contributed by atoms with E-state index in [0.717, 1.165) is 11.5 Å². The summed E-state index contributed by atoms with van der Waals surface area (Å²) in [5.41, 5.74) is 0.525. The van der Waals surface area contributed by atoms with Crippen LogP contribution in [-0.4, -0.2) is 10.8 Å². The minimum absolute atomic E-state index is 0.00981. The van der Waals surface area contributed by atoms with Gasteiger partial charge in [-0.1, -0.05) is 54.6 Å². The van der Waals surface area contributed by atoms with Crippen LogP contribution in [0.25, 0.3) is 0 Å². The van der Waals surface area contributed by atoms with Gasteiger partial charge in [0.15, 0.2) is 17.3 Å². The van der Waals surface area contributed by atoms with Gasteiger partial charge in [0.1, 0.15) is 17.2 Å². The van der Waals surface area contributed by atoms with Crippen molar-refractivity contribution in [1.29, 1.82) is 0 Å². The van der Waals surface area contributed by atoms with Gasteiger partial charge in [0, 0.05) is 13.1 Å². The van der Waals surface area contributed by atoms with Crippen LogP contribution in [0.4, 0.5) is 0 Å². The SMILES string of the molecule is CC(=O)c1ccccn1.c1ccc(Oc2ccccc2Oc2ccccc2)cc1. The summed E-state index contributed by atoms with van der Waals surface area (Å²) < 4.78 is 11.7. The molecule has 4 rings (SSSR count). The Morgan fingerprint density at radius 2 is 1.07 bits per heavy atom. The number of nitrogens with zero attached hydrogens (tertiary/aromatic N) is 1. The van der Waals surface area contributed by atoms with Crippen molar-refractivity contribution in [2.75, 3.05) is 0 Å². The van der Waals surface area contributed by atoms with E-state index in [1.807, 2.05) is 84.9 Å². The Hall–Kier alpha value is -3.92. The van der Waals surface area contributed by atoms with Gasteiger partial charge in [-0.25, -0.2) is 0 Å². The zero-order valence-corrected chi connectivity index (χ0v) is 16.1. The molecule has 0 aliphatic carbocycles. The molecule has 0 N–H and O–H groups in total. The molecule has 144 valence electrons. The predicted molar refractivity (Wildman–Crippen MR) is 114 cm³/mol. The molecule has 0 saturated heterocycles. The zero-order chi connectivity index (χ0) is 20.3. The molecule has 4 aromatic rings. The van der Waals surface area contributed by atoms with E-state index in [0.29, 0.717) is 17.2 Å². The Morgan fingerprint density at radius 1 is 0.621 bits per heavy atom. The highest BCUT2D eigenvalue weighted by molar-refractivity contribution is 5.91. The monoisotopic (exact) mass is 383 g/mol. The number of benzene rings is 3. The second-order valence-electron chi connectivity index (χ2n) is 6.05. The quantitative estimate of drug-likeness (QED) is 0.366. The van der Waals surface area contributed by atoms with Crippen molar-refractivity contribution in [3.05, 3.63) is 115 Å². The molecule has 4 heteroatoms. The number of ether oxygens (including phenoxy) is 2. The maximum absolute atomic E-state index is 10.6. The number of carbonyl (C=O) groups excluding carboxylic acids is 1. The van der Waals surface area contributed by atoms with Crippen LogP contribution in [0.2, 0.25) is 0 Å². The lowest BCUT2D eigenvalue weighted by Gasteiger charge is -2.11. The zero-order valence-electron chi connectivity index (χ0n) is 16.1. The van der Waals surface area contributed by atoms with Gasteiger partial charge in [0.05, 0.1) is 0 Å². The minimum Gasteiger partial charge on any atom is -0.453 e. The molecule has 0 aliphatic rings. The lowest BCUT2D eigenvalue weighted by Crippen LogP contribution is -1.93. The normalized spacial score (nSPS) is 9.69. The third-order valence-corrected chi connectivity index (χ3v) is 3.82. The van der Waals surface area contributed by atoms with Gasteiger partial charge in [-0.05, 0) is 48.5 Å². The van der Waals surface area contributed by atoms with Crippen LogP contribution in [0.5, 0.6) is 23.0 Å². The average molecular weight is 383 g/mol. The molecule has 0 bridgehead atoms. The molecule has 0 aliphatic heterocycles. The van der Waals surface area contributed by atoms with E-state index < -0.39 is 0 Å². The molecule has 0 amide bonds. The van der Waals surface area contributed by atoms with Crippen LogP contribution in [0.1, 0.15) is 17.4 Å². The largest absolute Gasteiger partial charge is 0.453 e. The number of carbonyl (C=O) groups is 1. The number of para-hydroxylation sites is 4.